The van der Waals surface area contributed by atoms with Gasteiger partial charge < -0.3 is 25.4 Å². The molecule has 2 aliphatic rings. The third-order valence-electron chi connectivity index (χ3n) is 2.69. The largest absolute Gasteiger partial charge is 0.394 e. The Morgan fingerprint density at radius 3 is 2.81 bits per heavy atom. The average molecular weight is 226 g/mol. The van der Waals surface area contributed by atoms with Gasteiger partial charge in [0.05, 0.1) is 25.5 Å². The van der Waals surface area contributed by atoms with E-state index in [1.54, 1.807) is 0 Å². The lowest BCUT2D eigenvalue weighted by Gasteiger charge is -2.44. The zero-order valence-electron chi connectivity index (χ0n) is 8.43. The molecule has 16 heavy (non-hydrogen) atoms. The summed E-state index contributed by atoms with van der Waals surface area (Å²) in [6.07, 6.45) is 5.11. The van der Waals surface area contributed by atoms with Crippen LogP contribution in [0.2, 0.25) is 0 Å². The van der Waals surface area contributed by atoms with Crippen molar-refractivity contribution < 1.29 is 24.9 Å². The number of aliphatic hydroxyl groups excluding tert-OH is 2. The lowest BCUT2D eigenvalue weighted by molar-refractivity contribution is -0.212. The van der Waals surface area contributed by atoms with E-state index in [1.807, 2.05) is 0 Å². The van der Waals surface area contributed by atoms with Gasteiger partial charge in [0.15, 0.2) is 0 Å². The molecule has 1 heterocycles. The van der Waals surface area contributed by atoms with Crippen molar-refractivity contribution >= 4 is 5.78 Å². The summed E-state index contributed by atoms with van der Waals surface area (Å²) < 4.78 is 5.05. The van der Waals surface area contributed by atoms with Crippen molar-refractivity contribution in [3.05, 3.63) is 23.9 Å². The zero-order valence-corrected chi connectivity index (χ0v) is 8.43. The number of nitrogens with one attached hydrogen (secondary N) is 1. The average Bonchev–Trinajstić information content (AvgIpc) is 2.31. The summed E-state index contributed by atoms with van der Waals surface area (Å²) in [5.74, 6) is -2.68. The standard InChI is InChI=1S/C10H12NO5/c12-4-9(5-13)6-16-10(15)7(11-9)2-1-3-8(10)14/h1,3,11-13,15H,4-6H2. The SMILES string of the molecule is O=C1C=C[C]=C2NC(CO)(CO)COC12O. The van der Waals surface area contributed by atoms with Crippen molar-refractivity contribution in [1.29, 1.82) is 0 Å². The van der Waals surface area contributed by atoms with Gasteiger partial charge in [0, 0.05) is 6.08 Å². The first kappa shape index (κ1) is 11.3. The second-order valence-electron chi connectivity index (χ2n) is 3.87. The number of ketones is 1. The predicted molar refractivity (Wildman–Crippen MR) is 51.8 cm³/mol. The Hall–Kier alpha value is -1.21. The zero-order chi connectivity index (χ0) is 11.8. The van der Waals surface area contributed by atoms with Crippen LogP contribution in [-0.2, 0) is 9.53 Å². The van der Waals surface area contributed by atoms with Gasteiger partial charge in [-0.3, -0.25) is 4.79 Å². The van der Waals surface area contributed by atoms with E-state index in [9.17, 15) is 9.90 Å². The molecule has 1 aliphatic carbocycles. The summed E-state index contributed by atoms with van der Waals surface area (Å²) in [6, 6.07) is 0. The van der Waals surface area contributed by atoms with Gasteiger partial charge in [-0.15, -0.1) is 0 Å². The van der Waals surface area contributed by atoms with E-state index in [0.29, 0.717) is 0 Å². The van der Waals surface area contributed by atoms with Gasteiger partial charge in [-0.2, -0.15) is 0 Å². The minimum Gasteiger partial charge on any atom is -0.394 e. The highest BCUT2D eigenvalue weighted by Gasteiger charge is 2.50. The first-order valence-corrected chi connectivity index (χ1v) is 4.77. The third-order valence-corrected chi connectivity index (χ3v) is 2.69. The maximum atomic E-state index is 11.5. The van der Waals surface area contributed by atoms with Crippen LogP contribution in [0.1, 0.15) is 0 Å². The highest BCUT2D eigenvalue weighted by atomic mass is 16.6. The van der Waals surface area contributed by atoms with E-state index in [0.717, 1.165) is 6.08 Å². The van der Waals surface area contributed by atoms with Crippen LogP contribution in [-0.4, -0.2) is 52.2 Å². The maximum absolute atomic E-state index is 11.5. The summed E-state index contributed by atoms with van der Waals surface area (Å²) in [7, 11) is 0. The highest BCUT2D eigenvalue weighted by Crippen LogP contribution is 2.29. The summed E-state index contributed by atoms with van der Waals surface area (Å²) >= 11 is 0. The molecule has 2 rings (SSSR count). The molecular formula is C10H12NO5. The highest BCUT2D eigenvalue weighted by molar-refractivity contribution is 5.99. The number of fused-ring (bicyclic) bond motifs is 1. The first-order chi connectivity index (χ1) is 7.56. The van der Waals surface area contributed by atoms with E-state index in [1.165, 1.54) is 6.08 Å². The van der Waals surface area contributed by atoms with Crippen molar-refractivity contribution in [2.24, 2.45) is 0 Å². The van der Waals surface area contributed by atoms with E-state index in [-0.39, 0.29) is 25.5 Å². The number of morpholine rings is 1. The maximum Gasteiger partial charge on any atom is 0.273 e. The van der Waals surface area contributed by atoms with Crippen molar-refractivity contribution in [3.8, 4) is 0 Å². The molecule has 0 saturated carbocycles. The van der Waals surface area contributed by atoms with E-state index in [2.05, 4.69) is 11.4 Å². The molecular weight excluding hydrogens is 214 g/mol. The Labute approximate surface area is 91.8 Å². The molecule has 1 unspecified atom stereocenters. The second kappa shape index (κ2) is 3.67. The number of hydrogen-bond donors (Lipinski definition) is 4. The smallest absolute Gasteiger partial charge is 0.273 e. The van der Waals surface area contributed by atoms with E-state index < -0.39 is 17.1 Å². The fourth-order valence-corrected chi connectivity index (χ4v) is 1.56. The van der Waals surface area contributed by atoms with Gasteiger partial charge in [0.2, 0.25) is 5.78 Å². The van der Waals surface area contributed by atoms with Gasteiger partial charge >= 0.3 is 0 Å². The minimum absolute atomic E-state index is 0.00866. The van der Waals surface area contributed by atoms with Gasteiger partial charge in [0.25, 0.3) is 5.79 Å². The Kier molecular flexibility index (Phi) is 2.59. The lowest BCUT2D eigenvalue weighted by Crippen LogP contribution is -2.66. The molecule has 0 spiro atoms. The lowest BCUT2D eigenvalue weighted by atomic mass is 9.93. The first-order valence-electron chi connectivity index (χ1n) is 4.77. The fourth-order valence-electron chi connectivity index (χ4n) is 1.56. The monoisotopic (exact) mass is 226 g/mol. The number of carbonyl (C=O) groups is 1. The Balaban J connectivity index is 2.31. The predicted octanol–water partition coefficient (Wildman–Crippen LogP) is -2.16. The molecule has 6 nitrogen and oxygen atoms in total. The number of carbonyl (C=O) groups excluding carboxylic acids is 1. The van der Waals surface area contributed by atoms with Crippen LogP contribution in [0.25, 0.3) is 0 Å². The van der Waals surface area contributed by atoms with Crippen LogP contribution < -0.4 is 5.32 Å². The van der Waals surface area contributed by atoms with Crippen molar-refractivity contribution in [3.63, 3.8) is 0 Å². The van der Waals surface area contributed by atoms with Gasteiger partial charge in [-0.25, -0.2) is 0 Å². The Morgan fingerprint density at radius 1 is 1.50 bits per heavy atom. The number of ether oxygens (including phenoxy) is 1. The molecule has 87 valence electrons. The molecule has 0 bridgehead atoms. The molecule has 1 aliphatic heterocycles. The van der Waals surface area contributed by atoms with Crippen LogP contribution in [0.15, 0.2) is 17.8 Å². The third kappa shape index (κ3) is 1.47. The van der Waals surface area contributed by atoms with Gasteiger partial charge in [0.1, 0.15) is 5.54 Å². The summed E-state index contributed by atoms with van der Waals surface area (Å²) in [5.41, 5.74) is -1.09. The molecule has 1 radical (unpaired) electrons. The number of aliphatic hydroxyl groups is 3. The van der Waals surface area contributed by atoms with Crippen LogP contribution in [0.4, 0.5) is 0 Å². The van der Waals surface area contributed by atoms with Gasteiger partial charge in [-0.05, 0) is 12.2 Å². The quantitative estimate of drug-likeness (QED) is 0.428. The number of rotatable bonds is 2. The van der Waals surface area contributed by atoms with Gasteiger partial charge in [-0.1, -0.05) is 0 Å². The molecule has 4 N–H and O–H groups in total. The molecule has 1 atom stereocenters. The second-order valence-corrected chi connectivity index (χ2v) is 3.87. The number of hydrogen-bond acceptors (Lipinski definition) is 6. The molecule has 0 amide bonds. The molecule has 0 aromatic rings. The normalized spacial score (nSPS) is 31.7. The fraction of sp³-hybridized carbons (Fsp3) is 0.500. The van der Waals surface area contributed by atoms with Crippen LogP contribution in [0.5, 0.6) is 0 Å². The van der Waals surface area contributed by atoms with Crippen molar-refractivity contribution in [1.82, 2.24) is 5.32 Å². The van der Waals surface area contributed by atoms with Crippen LogP contribution in [0, 0.1) is 6.08 Å². The topological polar surface area (TPSA) is 99.0 Å². The summed E-state index contributed by atoms with van der Waals surface area (Å²) in [6.45, 7) is -0.952. The Bertz CT molecular complexity index is 371. The van der Waals surface area contributed by atoms with E-state index in [4.69, 9.17) is 14.9 Å². The van der Waals surface area contributed by atoms with Crippen LogP contribution >= 0.6 is 0 Å². The van der Waals surface area contributed by atoms with Crippen molar-refractivity contribution in [2.75, 3.05) is 19.8 Å². The van der Waals surface area contributed by atoms with Crippen LogP contribution in [0.3, 0.4) is 0 Å². The van der Waals surface area contributed by atoms with E-state index >= 15 is 0 Å². The molecule has 6 heteroatoms. The minimum atomic E-state index is -2.07. The molecule has 1 fully saturated rings. The van der Waals surface area contributed by atoms with Crippen molar-refractivity contribution in [2.45, 2.75) is 11.3 Å². The summed E-state index contributed by atoms with van der Waals surface area (Å²) in [4.78, 5) is 11.5. The molecule has 0 aromatic carbocycles. The number of allylic oxidation sites excluding steroid dienone is 2. The molecule has 0 aromatic heterocycles. The molecule has 1 saturated heterocycles. The summed E-state index contributed by atoms with van der Waals surface area (Å²) in [5, 5.41) is 30.9. The Morgan fingerprint density at radius 2 is 2.19 bits per heavy atom.